The normalized spacial score (nSPS) is 14.1. The van der Waals surface area contributed by atoms with E-state index in [0.717, 1.165) is 47.9 Å². The Morgan fingerprint density at radius 1 is 0.974 bits per heavy atom. The molecule has 10 heteroatoms. The third-order valence-corrected chi connectivity index (χ3v) is 7.16. The highest BCUT2D eigenvalue weighted by atomic mass is 32.2. The van der Waals surface area contributed by atoms with Gasteiger partial charge in [-0.05, 0) is 57.5 Å². The van der Waals surface area contributed by atoms with Crippen molar-refractivity contribution in [3.05, 3.63) is 66.5 Å². The Hall–Kier alpha value is -3.76. The first-order valence-electron chi connectivity index (χ1n) is 13.1. The number of hydrogen-bond donors (Lipinski definition) is 1. The van der Waals surface area contributed by atoms with Crippen molar-refractivity contribution in [3.8, 4) is 28.6 Å². The number of ether oxygens (including phenoxy) is 2. The van der Waals surface area contributed by atoms with E-state index in [2.05, 4.69) is 51.8 Å². The number of nitrogens with one attached hydrogen (secondary N) is 1. The molecule has 9 nitrogen and oxygen atoms in total. The summed E-state index contributed by atoms with van der Waals surface area (Å²) in [7, 11) is 4.05. The Bertz CT molecular complexity index is 1420. The van der Waals surface area contributed by atoms with E-state index in [0.29, 0.717) is 29.0 Å². The Kier molecular flexibility index (Phi) is 8.23. The second kappa shape index (κ2) is 12.0. The summed E-state index contributed by atoms with van der Waals surface area (Å²) in [5.41, 5.74) is 3.85. The number of hydrogen-bond acceptors (Lipinski definition) is 9. The molecule has 204 valence electrons. The van der Waals surface area contributed by atoms with Crippen LogP contribution in [0.2, 0.25) is 0 Å². The van der Waals surface area contributed by atoms with Crippen molar-refractivity contribution in [1.29, 1.82) is 0 Å². The van der Waals surface area contributed by atoms with Gasteiger partial charge in [-0.2, -0.15) is 10.1 Å². The van der Waals surface area contributed by atoms with Gasteiger partial charge in [0.15, 0.2) is 0 Å². The lowest BCUT2D eigenvalue weighted by molar-refractivity contribution is 0.231. The van der Waals surface area contributed by atoms with Crippen LogP contribution in [0.1, 0.15) is 19.4 Å². The minimum Gasteiger partial charge on any atom is -0.484 e. The van der Waals surface area contributed by atoms with E-state index in [4.69, 9.17) is 19.4 Å². The summed E-state index contributed by atoms with van der Waals surface area (Å²) in [5.74, 6) is 1.99. The summed E-state index contributed by atoms with van der Waals surface area (Å²) in [6.45, 7) is 10.1. The molecule has 1 aliphatic rings. The van der Waals surface area contributed by atoms with Crippen LogP contribution in [0.25, 0.3) is 11.3 Å². The minimum atomic E-state index is -0.0982. The number of anilines is 2. The van der Waals surface area contributed by atoms with Gasteiger partial charge in [0.05, 0.1) is 17.2 Å². The van der Waals surface area contributed by atoms with Crippen molar-refractivity contribution in [2.75, 3.05) is 42.8 Å². The fraction of sp³-hybridized carbons (Fsp3) is 0.345. The smallest absolute Gasteiger partial charge is 0.268 e. The van der Waals surface area contributed by atoms with Crippen LogP contribution in [-0.2, 0) is 7.05 Å². The van der Waals surface area contributed by atoms with Crippen LogP contribution in [0.3, 0.4) is 0 Å². The third kappa shape index (κ3) is 6.63. The van der Waals surface area contributed by atoms with Gasteiger partial charge in [0.25, 0.3) is 5.88 Å². The SMILES string of the molecule is Cc1ccccc1-c1nc(NSc2cnn(C)c2)nc(Oc2cccc(N3CCN(C)CC3)c2)c1OC(C)C. The van der Waals surface area contributed by atoms with E-state index in [1.807, 2.05) is 57.4 Å². The second-order valence-electron chi connectivity index (χ2n) is 9.96. The van der Waals surface area contributed by atoms with Gasteiger partial charge in [-0.25, -0.2) is 4.98 Å². The quantitative estimate of drug-likeness (QED) is 0.269. The van der Waals surface area contributed by atoms with Gasteiger partial charge in [-0.3, -0.25) is 9.40 Å². The summed E-state index contributed by atoms with van der Waals surface area (Å²) in [6, 6.07) is 16.3. The molecule has 2 aromatic heterocycles. The van der Waals surface area contributed by atoms with Gasteiger partial charge >= 0.3 is 0 Å². The summed E-state index contributed by atoms with van der Waals surface area (Å²) in [5, 5.41) is 4.24. The first kappa shape index (κ1) is 26.8. The highest BCUT2D eigenvalue weighted by Gasteiger charge is 2.23. The Morgan fingerprint density at radius 2 is 1.77 bits per heavy atom. The van der Waals surface area contributed by atoms with Crippen LogP contribution < -0.4 is 19.1 Å². The molecule has 1 aliphatic heterocycles. The van der Waals surface area contributed by atoms with E-state index in [9.17, 15) is 0 Å². The topological polar surface area (TPSA) is 80.6 Å². The van der Waals surface area contributed by atoms with Gasteiger partial charge in [-0.15, -0.1) is 0 Å². The van der Waals surface area contributed by atoms with Crippen LogP contribution >= 0.6 is 11.9 Å². The second-order valence-corrected chi connectivity index (χ2v) is 10.8. The van der Waals surface area contributed by atoms with Gasteiger partial charge < -0.3 is 19.3 Å². The molecule has 0 bridgehead atoms. The largest absolute Gasteiger partial charge is 0.484 e. The molecule has 1 fully saturated rings. The number of rotatable bonds is 9. The molecule has 0 amide bonds. The lowest BCUT2D eigenvalue weighted by Gasteiger charge is -2.34. The summed E-state index contributed by atoms with van der Waals surface area (Å²) >= 11 is 1.39. The Labute approximate surface area is 234 Å². The van der Waals surface area contributed by atoms with Crippen LogP contribution in [0, 0.1) is 6.92 Å². The van der Waals surface area contributed by atoms with Crippen LogP contribution in [-0.4, -0.2) is 64.0 Å². The molecule has 0 aliphatic carbocycles. The fourth-order valence-corrected chi connectivity index (χ4v) is 4.99. The van der Waals surface area contributed by atoms with E-state index in [1.54, 1.807) is 10.9 Å². The molecule has 1 saturated heterocycles. The molecular weight excluding hydrogens is 510 g/mol. The molecule has 5 rings (SSSR count). The zero-order chi connectivity index (χ0) is 27.4. The zero-order valence-corrected chi connectivity index (χ0v) is 23.9. The first-order valence-corrected chi connectivity index (χ1v) is 13.9. The number of piperazine rings is 1. The van der Waals surface area contributed by atoms with Gasteiger partial charge in [0, 0.05) is 56.7 Å². The van der Waals surface area contributed by atoms with Crippen LogP contribution in [0.4, 0.5) is 11.6 Å². The predicted molar refractivity (Wildman–Crippen MR) is 157 cm³/mol. The maximum atomic E-state index is 6.48. The molecule has 0 atom stereocenters. The molecular formula is C29H35N7O2S. The highest BCUT2D eigenvalue weighted by Crippen LogP contribution is 2.41. The number of likely N-dealkylation sites (N-methyl/N-ethyl adjacent to an activating group) is 1. The van der Waals surface area contributed by atoms with Gasteiger partial charge in [-0.1, -0.05) is 30.3 Å². The van der Waals surface area contributed by atoms with Crippen LogP contribution in [0.15, 0.2) is 65.8 Å². The summed E-state index contributed by atoms with van der Waals surface area (Å²) < 4.78 is 17.8. The number of aromatic nitrogens is 4. The van der Waals surface area contributed by atoms with E-state index in [-0.39, 0.29) is 6.10 Å². The molecule has 0 radical (unpaired) electrons. The highest BCUT2D eigenvalue weighted by molar-refractivity contribution is 8.00. The number of benzene rings is 2. The molecule has 0 spiro atoms. The Balaban J connectivity index is 1.53. The van der Waals surface area contributed by atoms with Crippen LogP contribution in [0.5, 0.6) is 17.4 Å². The maximum Gasteiger partial charge on any atom is 0.268 e. The van der Waals surface area contributed by atoms with Crippen molar-refractivity contribution in [3.63, 3.8) is 0 Å². The molecule has 0 unspecified atom stereocenters. The lowest BCUT2D eigenvalue weighted by atomic mass is 10.0. The number of aryl methyl sites for hydroxylation is 2. The fourth-order valence-electron chi connectivity index (χ4n) is 4.38. The first-order chi connectivity index (χ1) is 18.9. The van der Waals surface area contributed by atoms with Gasteiger partial charge in [0.2, 0.25) is 11.7 Å². The van der Waals surface area contributed by atoms with Crippen molar-refractivity contribution in [2.45, 2.75) is 31.8 Å². The minimum absolute atomic E-state index is 0.0982. The average molecular weight is 546 g/mol. The Morgan fingerprint density at radius 3 is 2.49 bits per heavy atom. The number of nitrogens with zero attached hydrogens (tertiary/aromatic N) is 6. The van der Waals surface area contributed by atoms with Gasteiger partial charge in [0.1, 0.15) is 11.4 Å². The predicted octanol–water partition coefficient (Wildman–Crippen LogP) is 5.64. The van der Waals surface area contributed by atoms with E-state index in [1.165, 1.54) is 11.9 Å². The van der Waals surface area contributed by atoms with Crippen molar-refractivity contribution in [1.82, 2.24) is 24.6 Å². The summed E-state index contributed by atoms with van der Waals surface area (Å²) in [4.78, 5) is 15.3. The van der Waals surface area contributed by atoms with Crippen molar-refractivity contribution >= 4 is 23.6 Å². The average Bonchev–Trinajstić information content (AvgIpc) is 3.34. The third-order valence-electron chi connectivity index (χ3n) is 6.43. The monoisotopic (exact) mass is 545 g/mol. The van der Waals surface area contributed by atoms with E-state index < -0.39 is 0 Å². The standard InChI is InChI=1S/C29H35N7O2S/c1-20(2)37-27-26(25-12-7-6-9-21(25)3)31-29(33-39-24-18-30-35(5)19-24)32-28(27)38-23-11-8-10-22(17-23)36-15-13-34(4)14-16-36/h6-12,17-20H,13-16H2,1-5H3,(H,31,32,33). The van der Waals surface area contributed by atoms with E-state index >= 15 is 0 Å². The maximum absolute atomic E-state index is 6.48. The molecule has 0 saturated carbocycles. The molecule has 4 aromatic rings. The van der Waals surface area contributed by atoms with Crippen molar-refractivity contribution in [2.24, 2.45) is 7.05 Å². The van der Waals surface area contributed by atoms with Crippen molar-refractivity contribution < 1.29 is 9.47 Å². The zero-order valence-electron chi connectivity index (χ0n) is 23.1. The molecule has 2 aromatic carbocycles. The summed E-state index contributed by atoms with van der Waals surface area (Å²) in [6.07, 6.45) is 3.62. The lowest BCUT2D eigenvalue weighted by Crippen LogP contribution is -2.44. The molecule has 39 heavy (non-hydrogen) atoms. The molecule has 3 heterocycles. The molecule has 1 N–H and O–H groups in total.